The summed E-state index contributed by atoms with van der Waals surface area (Å²) in [4.78, 5) is 0.878. The summed E-state index contributed by atoms with van der Waals surface area (Å²) in [5, 5.41) is 0. The van der Waals surface area contributed by atoms with E-state index in [9.17, 15) is 13.2 Å². The van der Waals surface area contributed by atoms with Gasteiger partial charge in [-0.15, -0.1) is 24.9 Å². The summed E-state index contributed by atoms with van der Waals surface area (Å²) in [5.41, 5.74) is 5.74. The lowest BCUT2D eigenvalue weighted by atomic mass is 10.3. The molecule has 0 fully saturated rings. The first-order valence-electron chi connectivity index (χ1n) is 5.15. The van der Waals surface area contributed by atoms with Crippen molar-refractivity contribution in [3.8, 4) is 5.75 Å². The molecule has 17 heavy (non-hydrogen) atoms. The molecule has 1 aromatic carbocycles. The molecule has 0 aliphatic heterocycles. The lowest BCUT2D eigenvalue weighted by Gasteiger charge is -2.10. The maximum absolute atomic E-state index is 11.9. The summed E-state index contributed by atoms with van der Waals surface area (Å²) in [6.45, 7) is 1.99. The maximum Gasteiger partial charge on any atom is 0.573 e. The van der Waals surface area contributed by atoms with Crippen molar-refractivity contribution in [3.05, 3.63) is 24.3 Å². The summed E-state index contributed by atoms with van der Waals surface area (Å²) in [5.74, 6) is 0.539. The first-order valence-corrected chi connectivity index (χ1v) is 6.13. The van der Waals surface area contributed by atoms with Crippen molar-refractivity contribution >= 4 is 11.8 Å². The summed E-state index contributed by atoms with van der Waals surface area (Å²) >= 11 is 1.52. The van der Waals surface area contributed by atoms with Gasteiger partial charge in [-0.05, 0) is 30.7 Å². The van der Waals surface area contributed by atoms with Crippen LogP contribution in [0, 0.1) is 0 Å². The quantitative estimate of drug-likeness (QED) is 0.829. The van der Waals surface area contributed by atoms with Gasteiger partial charge in [0.15, 0.2) is 0 Å². The second-order valence-corrected chi connectivity index (χ2v) is 4.59. The molecule has 1 aromatic rings. The predicted octanol–water partition coefficient (Wildman–Crippen LogP) is 3.41. The predicted molar refractivity (Wildman–Crippen MR) is 62.1 cm³/mol. The topological polar surface area (TPSA) is 35.2 Å². The van der Waals surface area contributed by atoms with Gasteiger partial charge in [0.1, 0.15) is 5.75 Å². The minimum Gasteiger partial charge on any atom is -0.406 e. The Morgan fingerprint density at radius 3 is 2.35 bits per heavy atom. The molecule has 96 valence electrons. The number of halogens is 3. The molecule has 1 atom stereocenters. The highest BCUT2D eigenvalue weighted by Crippen LogP contribution is 2.26. The van der Waals surface area contributed by atoms with Crippen molar-refractivity contribution in [1.29, 1.82) is 0 Å². The summed E-state index contributed by atoms with van der Waals surface area (Å²) in [6, 6.07) is 5.88. The van der Waals surface area contributed by atoms with E-state index in [1.165, 1.54) is 23.9 Å². The number of thioether (sulfide) groups is 1. The van der Waals surface area contributed by atoms with Crippen LogP contribution in [0.5, 0.6) is 5.75 Å². The molecule has 0 radical (unpaired) electrons. The van der Waals surface area contributed by atoms with Crippen molar-refractivity contribution < 1.29 is 17.9 Å². The molecular formula is C11H14F3NOS. The van der Waals surface area contributed by atoms with Crippen molar-refractivity contribution in [2.24, 2.45) is 5.73 Å². The van der Waals surface area contributed by atoms with Crippen molar-refractivity contribution in [2.75, 3.05) is 5.75 Å². The zero-order chi connectivity index (χ0) is 12.9. The second-order valence-electron chi connectivity index (χ2n) is 3.50. The lowest BCUT2D eigenvalue weighted by molar-refractivity contribution is -0.274. The SMILES string of the molecule is CCC(N)CSc1ccc(OC(F)(F)F)cc1. The zero-order valence-electron chi connectivity index (χ0n) is 9.33. The molecular weight excluding hydrogens is 251 g/mol. The van der Waals surface area contributed by atoms with E-state index < -0.39 is 6.36 Å². The molecule has 1 rings (SSSR count). The van der Waals surface area contributed by atoms with Crippen molar-refractivity contribution in [1.82, 2.24) is 0 Å². The van der Waals surface area contributed by atoms with Crippen LogP contribution in [0.15, 0.2) is 29.2 Å². The second kappa shape index (κ2) is 6.16. The molecule has 2 nitrogen and oxygen atoms in total. The molecule has 1 unspecified atom stereocenters. The Morgan fingerprint density at radius 2 is 1.88 bits per heavy atom. The van der Waals surface area contributed by atoms with Crippen LogP contribution in [-0.4, -0.2) is 18.2 Å². The summed E-state index contributed by atoms with van der Waals surface area (Å²) in [7, 11) is 0. The molecule has 0 aliphatic carbocycles. The molecule has 0 bridgehead atoms. The highest BCUT2D eigenvalue weighted by molar-refractivity contribution is 7.99. The molecule has 0 spiro atoms. The van der Waals surface area contributed by atoms with E-state index in [0.29, 0.717) is 0 Å². The van der Waals surface area contributed by atoms with Crippen LogP contribution in [0.2, 0.25) is 0 Å². The molecule has 0 aromatic heterocycles. The number of alkyl halides is 3. The molecule has 0 heterocycles. The Morgan fingerprint density at radius 1 is 1.29 bits per heavy atom. The van der Waals surface area contributed by atoms with E-state index in [0.717, 1.165) is 17.1 Å². The molecule has 0 amide bonds. The van der Waals surface area contributed by atoms with Gasteiger partial charge >= 0.3 is 6.36 Å². The highest BCUT2D eigenvalue weighted by atomic mass is 32.2. The largest absolute Gasteiger partial charge is 0.573 e. The van der Waals surface area contributed by atoms with Gasteiger partial charge in [0.25, 0.3) is 0 Å². The van der Waals surface area contributed by atoms with Gasteiger partial charge in [-0.2, -0.15) is 0 Å². The van der Waals surface area contributed by atoms with Crippen molar-refractivity contribution in [2.45, 2.75) is 30.6 Å². The number of rotatable bonds is 5. The maximum atomic E-state index is 11.9. The lowest BCUT2D eigenvalue weighted by Crippen LogP contribution is -2.21. The number of hydrogen-bond donors (Lipinski definition) is 1. The number of nitrogens with two attached hydrogens (primary N) is 1. The van der Waals surface area contributed by atoms with Crippen LogP contribution in [0.4, 0.5) is 13.2 Å². The van der Waals surface area contributed by atoms with Gasteiger partial charge in [-0.3, -0.25) is 0 Å². The third-order valence-corrected chi connectivity index (χ3v) is 3.25. The Kier molecular flexibility index (Phi) is 5.14. The molecule has 2 N–H and O–H groups in total. The van der Waals surface area contributed by atoms with E-state index in [-0.39, 0.29) is 11.8 Å². The van der Waals surface area contributed by atoms with Gasteiger partial charge < -0.3 is 10.5 Å². The first-order chi connectivity index (χ1) is 7.90. The minimum atomic E-state index is -4.64. The fraction of sp³-hybridized carbons (Fsp3) is 0.455. The smallest absolute Gasteiger partial charge is 0.406 e. The highest BCUT2D eigenvalue weighted by Gasteiger charge is 2.30. The fourth-order valence-corrected chi connectivity index (χ4v) is 2.03. The van der Waals surface area contributed by atoms with Crippen LogP contribution in [-0.2, 0) is 0 Å². The normalized spacial score (nSPS) is 13.5. The van der Waals surface area contributed by atoms with E-state index in [4.69, 9.17) is 5.73 Å². The minimum absolute atomic E-state index is 0.103. The van der Waals surface area contributed by atoms with Crippen LogP contribution >= 0.6 is 11.8 Å². The Hall–Kier alpha value is -0.880. The third-order valence-electron chi connectivity index (χ3n) is 2.05. The standard InChI is InChI=1S/C11H14F3NOS/c1-2-8(15)7-17-10-5-3-9(4-6-10)16-11(12,13)14/h3-6,8H,2,7,15H2,1H3. The summed E-state index contributed by atoms with van der Waals surface area (Å²) in [6.07, 6.45) is -3.76. The zero-order valence-corrected chi connectivity index (χ0v) is 10.1. The molecule has 0 saturated heterocycles. The third kappa shape index (κ3) is 5.83. The fourth-order valence-electron chi connectivity index (χ4n) is 1.06. The average Bonchev–Trinajstić information content (AvgIpc) is 2.25. The molecule has 0 saturated carbocycles. The van der Waals surface area contributed by atoms with E-state index in [1.54, 1.807) is 12.1 Å². The molecule has 0 aliphatic rings. The van der Waals surface area contributed by atoms with Crippen LogP contribution in [0.25, 0.3) is 0 Å². The van der Waals surface area contributed by atoms with Crippen molar-refractivity contribution in [3.63, 3.8) is 0 Å². The summed E-state index contributed by atoms with van der Waals surface area (Å²) < 4.78 is 39.5. The van der Waals surface area contributed by atoms with Gasteiger partial charge in [0, 0.05) is 16.7 Å². The van der Waals surface area contributed by atoms with Crippen LogP contribution in [0.1, 0.15) is 13.3 Å². The Bertz CT molecular complexity index is 340. The van der Waals surface area contributed by atoms with Crippen LogP contribution in [0.3, 0.4) is 0 Å². The molecule has 6 heteroatoms. The van der Waals surface area contributed by atoms with Gasteiger partial charge in [-0.25, -0.2) is 0 Å². The van der Waals surface area contributed by atoms with E-state index >= 15 is 0 Å². The van der Waals surface area contributed by atoms with E-state index in [1.807, 2.05) is 6.92 Å². The first kappa shape index (κ1) is 14.2. The number of ether oxygens (including phenoxy) is 1. The van der Waals surface area contributed by atoms with Gasteiger partial charge in [-0.1, -0.05) is 6.92 Å². The van der Waals surface area contributed by atoms with Gasteiger partial charge in [0.2, 0.25) is 0 Å². The van der Waals surface area contributed by atoms with Crippen LogP contribution < -0.4 is 10.5 Å². The average molecular weight is 265 g/mol. The van der Waals surface area contributed by atoms with E-state index in [2.05, 4.69) is 4.74 Å². The number of benzene rings is 1. The Labute approximate surface area is 102 Å². The number of hydrogen-bond acceptors (Lipinski definition) is 3. The Balaban J connectivity index is 2.50. The van der Waals surface area contributed by atoms with Gasteiger partial charge in [0.05, 0.1) is 0 Å². The monoisotopic (exact) mass is 265 g/mol.